The molecule has 0 heterocycles. The van der Waals surface area contributed by atoms with Crippen LogP contribution in [0.3, 0.4) is 0 Å². The van der Waals surface area contributed by atoms with E-state index >= 15 is 0 Å². The summed E-state index contributed by atoms with van der Waals surface area (Å²) < 4.78 is 0. The monoisotopic (exact) mass is 143 g/mol. The lowest BCUT2D eigenvalue weighted by atomic mass is 10.2. The summed E-state index contributed by atoms with van der Waals surface area (Å²) in [6, 6.07) is 0.343. The van der Waals surface area contributed by atoms with Gasteiger partial charge in [-0.25, -0.2) is 4.79 Å². The molecule has 3 nitrogen and oxygen atoms in total. The van der Waals surface area contributed by atoms with E-state index in [0.29, 0.717) is 6.04 Å². The molecule has 1 atom stereocenters. The molecule has 0 aromatic carbocycles. The summed E-state index contributed by atoms with van der Waals surface area (Å²) in [6.07, 6.45) is 3.56. The molecule has 0 radical (unpaired) electrons. The Labute approximate surface area is 60.7 Å². The molecule has 0 rings (SSSR count). The van der Waals surface area contributed by atoms with Crippen molar-refractivity contribution in [2.75, 3.05) is 7.05 Å². The predicted molar refractivity (Wildman–Crippen MR) is 39.9 cm³/mol. The maximum Gasteiger partial charge on any atom is 0.327 e. The van der Waals surface area contributed by atoms with Crippen LogP contribution in [0, 0.1) is 0 Å². The summed E-state index contributed by atoms with van der Waals surface area (Å²) in [5, 5.41) is 11.2. The summed E-state index contributed by atoms with van der Waals surface area (Å²) in [5.74, 6) is -0.886. The predicted octanol–water partition coefficient (Wildman–Crippen LogP) is 0.625. The Balaban J connectivity index is 3.43. The van der Waals surface area contributed by atoms with E-state index in [9.17, 15) is 4.79 Å². The SMILES string of the molecule is CNC(C)CC=CC(=O)O. The lowest BCUT2D eigenvalue weighted by molar-refractivity contribution is -0.131. The normalized spacial score (nSPS) is 13.8. The zero-order valence-electron chi connectivity index (χ0n) is 6.29. The maximum absolute atomic E-state index is 9.96. The topological polar surface area (TPSA) is 49.3 Å². The molecule has 58 valence electrons. The Bertz CT molecular complexity index is 132. The van der Waals surface area contributed by atoms with E-state index in [1.807, 2.05) is 14.0 Å². The summed E-state index contributed by atoms with van der Waals surface area (Å²) in [5.41, 5.74) is 0. The van der Waals surface area contributed by atoms with Gasteiger partial charge in [0.1, 0.15) is 0 Å². The van der Waals surface area contributed by atoms with Crippen LogP contribution >= 0.6 is 0 Å². The van der Waals surface area contributed by atoms with Gasteiger partial charge in [0.15, 0.2) is 0 Å². The van der Waals surface area contributed by atoms with Gasteiger partial charge in [0.05, 0.1) is 0 Å². The zero-order valence-corrected chi connectivity index (χ0v) is 6.29. The van der Waals surface area contributed by atoms with E-state index in [1.54, 1.807) is 6.08 Å². The van der Waals surface area contributed by atoms with Crippen molar-refractivity contribution in [3.63, 3.8) is 0 Å². The lowest BCUT2D eigenvalue weighted by Gasteiger charge is -2.03. The first-order valence-corrected chi connectivity index (χ1v) is 3.23. The maximum atomic E-state index is 9.96. The quantitative estimate of drug-likeness (QED) is 0.567. The molecule has 0 aromatic heterocycles. The number of aliphatic carboxylic acids is 1. The van der Waals surface area contributed by atoms with Crippen LogP contribution in [0.1, 0.15) is 13.3 Å². The first-order chi connectivity index (χ1) is 4.66. The number of carboxylic acids is 1. The number of rotatable bonds is 4. The Morgan fingerprint density at radius 1 is 1.80 bits per heavy atom. The van der Waals surface area contributed by atoms with Crippen LogP contribution in [0.15, 0.2) is 12.2 Å². The molecular formula is C7H13NO2. The molecule has 0 amide bonds. The van der Waals surface area contributed by atoms with E-state index in [0.717, 1.165) is 12.5 Å². The summed E-state index contributed by atoms with van der Waals surface area (Å²) in [4.78, 5) is 9.96. The second-order valence-electron chi connectivity index (χ2n) is 2.17. The third-order valence-corrected chi connectivity index (χ3v) is 1.24. The van der Waals surface area contributed by atoms with Crippen LogP contribution in [0.5, 0.6) is 0 Å². The number of nitrogens with one attached hydrogen (secondary N) is 1. The first kappa shape index (κ1) is 9.17. The molecule has 0 aromatic rings. The van der Waals surface area contributed by atoms with Crippen LogP contribution in [-0.2, 0) is 4.79 Å². The second-order valence-corrected chi connectivity index (χ2v) is 2.17. The van der Waals surface area contributed by atoms with Gasteiger partial charge < -0.3 is 10.4 Å². The van der Waals surface area contributed by atoms with Crippen molar-refractivity contribution >= 4 is 5.97 Å². The number of hydrogen-bond donors (Lipinski definition) is 2. The third kappa shape index (κ3) is 5.31. The van der Waals surface area contributed by atoms with Crippen molar-refractivity contribution in [3.8, 4) is 0 Å². The van der Waals surface area contributed by atoms with Gasteiger partial charge >= 0.3 is 5.97 Å². The fourth-order valence-corrected chi connectivity index (χ4v) is 0.491. The molecule has 0 aliphatic carbocycles. The molecule has 0 fully saturated rings. The minimum Gasteiger partial charge on any atom is -0.478 e. The summed E-state index contributed by atoms with van der Waals surface area (Å²) in [7, 11) is 1.85. The van der Waals surface area contributed by atoms with Crippen LogP contribution in [0.2, 0.25) is 0 Å². The Morgan fingerprint density at radius 3 is 2.80 bits per heavy atom. The Morgan fingerprint density at radius 2 is 2.40 bits per heavy atom. The number of carbonyl (C=O) groups is 1. The fraction of sp³-hybridized carbons (Fsp3) is 0.571. The fourth-order valence-electron chi connectivity index (χ4n) is 0.491. The van der Waals surface area contributed by atoms with Crippen molar-refractivity contribution in [2.24, 2.45) is 0 Å². The highest BCUT2D eigenvalue weighted by Crippen LogP contribution is 1.89. The summed E-state index contributed by atoms with van der Waals surface area (Å²) in [6.45, 7) is 1.99. The van der Waals surface area contributed by atoms with Crippen LogP contribution in [-0.4, -0.2) is 24.2 Å². The molecule has 10 heavy (non-hydrogen) atoms. The molecule has 2 N–H and O–H groups in total. The summed E-state index contributed by atoms with van der Waals surface area (Å²) >= 11 is 0. The first-order valence-electron chi connectivity index (χ1n) is 3.23. The highest BCUT2D eigenvalue weighted by atomic mass is 16.4. The van der Waals surface area contributed by atoms with Gasteiger partial charge in [0.25, 0.3) is 0 Å². The van der Waals surface area contributed by atoms with Gasteiger partial charge in [0.2, 0.25) is 0 Å². The Kier molecular flexibility index (Phi) is 4.58. The Hall–Kier alpha value is -0.830. The van der Waals surface area contributed by atoms with Crippen molar-refractivity contribution in [1.29, 1.82) is 0 Å². The molecule has 0 bridgehead atoms. The van der Waals surface area contributed by atoms with Crippen molar-refractivity contribution in [2.45, 2.75) is 19.4 Å². The van der Waals surface area contributed by atoms with E-state index in [4.69, 9.17) is 5.11 Å². The molecule has 0 saturated carbocycles. The van der Waals surface area contributed by atoms with E-state index < -0.39 is 5.97 Å². The van der Waals surface area contributed by atoms with E-state index in [1.165, 1.54) is 0 Å². The molecule has 0 aliphatic heterocycles. The second kappa shape index (κ2) is 4.99. The largest absolute Gasteiger partial charge is 0.478 e. The van der Waals surface area contributed by atoms with Gasteiger partial charge in [-0.1, -0.05) is 6.08 Å². The van der Waals surface area contributed by atoms with E-state index in [2.05, 4.69) is 5.32 Å². The molecule has 3 heteroatoms. The van der Waals surface area contributed by atoms with Crippen molar-refractivity contribution in [3.05, 3.63) is 12.2 Å². The van der Waals surface area contributed by atoms with Crippen LogP contribution in [0.25, 0.3) is 0 Å². The van der Waals surface area contributed by atoms with Crippen molar-refractivity contribution < 1.29 is 9.90 Å². The molecule has 0 aliphatic rings. The van der Waals surface area contributed by atoms with Crippen molar-refractivity contribution in [1.82, 2.24) is 5.32 Å². The van der Waals surface area contributed by atoms with Gasteiger partial charge in [0, 0.05) is 12.1 Å². The van der Waals surface area contributed by atoms with Gasteiger partial charge in [-0.2, -0.15) is 0 Å². The average molecular weight is 143 g/mol. The molecule has 1 unspecified atom stereocenters. The molecular weight excluding hydrogens is 130 g/mol. The average Bonchev–Trinajstić information content (AvgIpc) is 1.87. The van der Waals surface area contributed by atoms with Gasteiger partial charge in [-0.3, -0.25) is 0 Å². The lowest BCUT2D eigenvalue weighted by Crippen LogP contribution is -2.19. The zero-order chi connectivity index (χ0) is 7.98. The third-order valence-electron chi connectivity index (χ3n) is 1.24. The smallest absolute Gasteiger partial charge is 0.327 e. The highest BCUT2D eigenvalue weighted by molar-refractivity contribution is 5.79. The highest BCUT2D eigenvalue weighted by Gasteiger charge is 1.92. The van der Waals surface area contributed by atoms with Crippen LogP contribution in [0.4, 0.5) is 0 Å². The minimum atomic E-state index is -0.886. The standard InChI is InChI=1S/C7H13NO2/c1-6(8-2)4-3-5-7(9)10/h3,5-6,8H,4H2,1-2H3,(H,9,10). The van der Waals surface area contributed by atoms with Gasteiger partial charge in [-0.05, 0) is 20.4 Å². The molecule has 0 spiro atoms. The number of hydrogen-bond acceptors (Lipinski definition) is 2. The van der Waals surface area contributed by atoms with E-state index in [-0.39, 0.29) is 0 Å². The van der Waals surface area contributed by atoms with Gasteiger partial charge in [-0.15, -0.1) is 0 Å². The number of carboxylic acid groups (broad SMARTS) is 1. The molecule has 0 saturated heterocycles. The van der Waals surface area contributed by atoms with Crippen LogP contribution < -0.4 is 5.32 Å². The minimum absolute atomic E-state index is 0.343.